The molecule has 0 aliphatic rings. The van der Waals surface area contributed by atoms with E-state index < -0.39 is 0 Å². The highest BCUT2D eigenvalue weighted by molar-refractivity contribution is 9.10. The Kier molecular flexibility index (Phi) is 4.74. The first-order valence-corrected chi connectivity index (χ1v) is 7.40. The quantitative estimate of drug-likeness (QED) is 0.745. The van der Waals surface area contributed by atoms with Gasteiger partial charge in [-0.25, -0.2) is 0 Å². The Morgan fingerprint density at radius 2 is 1.95 bits per heavy atom. The number of aromatic hydroxyl groups is 1. The van der Waals surface area contributed by atoms with Crippen LogP contribution in [0.5, 0.6) is 5.75 Å². The number of nitrogen functional groups attached to an aromatic ring is 1. The van der Waals surface area contributed by atoms with Crippen molar-refractivity contribution in [1.29, 1.82) is 0 Å². The standard InChI is InChI=1S/C14H15BrN2OS/c1-17-8-9-6-11(18)3-5-13(9)19-14-4-2-10(15)7-12(14)16/h2-7,17-18H,8,16H2,1H3. The van der Waals surface area contributed by atoms with Crippen molar-refractivity contribution in [3.05, 3.63) is 46.4 Å². The van der Waals surface area contributed by atoms with Crippen molar-refractivity contribution in [1.82, 2.24) is 5.32 Å². The molecule has 5 heteroatoms. The molecule has 2 aromatic carbocycles. The molecular formula is C14H15BrN2OS. The molecule has 100 valence electrons. The second kappa shape index (κ2) is 6.32. The topological polar surface area (TPSA) is 58.3 Å². The molecule has 0 radical (unpaired) electrons. The van der Waals surface area contributed by atoms with Crippen LogP contribution < -0.4 is 11.1 Å². The van der Waals surface area contributed by atoms with Gasteiger partial charge in [-0.2, -0.15) is 0 Å². The third kappa shape index (κ3) is 3.65. The molecular weight excluding hydrogens is 324 g/mol. The van der Waals surface area contributed by atoms with Gasteiger partial charge in [0.1, 0.15) is 5.75 Å². The van der Waals surface area contributed by atoms with Crippen molar-refractivity contribution in [3.63, 3.8) is 0 Å². The number of halogens is 1. The fourth-order valence-electron chi connectivity index (χ4n) is 1.72. The van der Waals surface area contributed by atoms with E-state index >= 15 is 0 Å². The molecule has 0 bridgehead atoms. The molecule has 0 aliphatic heterocycles. The molecule has 0 saturated heterocycles. The Balaban J connectivity index is 2.32. The monoisotopic (exact) mass is 338 g/mol. The van der Waals surface area contributed by atoms with Crippen LogP contribution in [0.1, 0.15) is 5.56 Å². The minimum Gasteiger partial charge on any atom is -0.508 e. The molecule has 0 spiro atoms. The summed E-state index contributed by atoms with van der Waals surface area (Å²) in [6, 6.07) is 11.2. The van der Waals surface area contributed by atoms with Crippen LogP contribution in [0.2, 0.25) is 0 Å². The van der Waals surface area contributed by atoms with Crippen molar-refractivity contribution < 1.29 is 5.11 Å². The van der Waals surface area contributed by atoms with Crippen LogP contribution in [-0.4, -0.2) is 12.2 Å². The molecule has 0 aromatic heterocycles. The predicted molar refractivity (Wildman–Crippen MR) is 83.5 cm³/mol. The third-order valence-corrected chi connectivity index (χ3v) is 4.31. The number of phenols is 1. The smallest absolute Gasteiger partial charge is 0.115 e. The second-order valence-corrected chi connectivity index (χ2v) is 6.11. The van der Waals surface area contributed by atoms with Crippen molar-refractivity contribution in [2.75, 3.05) is 12.8 Å². The molecule has 3 nitrogen and oxygen atoms in total. The van der Waals surface area contributed by atoms with Crippen LogP contribution >= 0.6 is 27.7 Å². The number of hydrogen-bond acceptors (Lipinski definition) is 4. The van der Waals surface area contributed by atoms with E-state index in [9.17, 15) is 5.11 Å². The van der Waals surface area contributed by atoms with E-state index in [1.54, 1.807) is 23.9 Å². The fraction of sp³-hybridized carbons (Fsp3) is 0.143. The SMILES string of the molecule is CNCc1cc(O)ccc1Sc1ccc(Br)cc1N. The van der Waals surface area contributed by atoms with E-state index in [-0.39, 0.29) is 5.75 Å². The number of phenolic OH excluding ortho intramolecular Hbond substituents is 1. The summed E-state index contributed by atoms with van der Waals surface area (Å²) in [6.45, 7) is 0.702. The maximum Gasteiger partial charge on any atom is 0.115 e. The van der Waals surface area contributed by atoms with Crippen LogP contribution in [0.25, 0.3) is 0 Å². The summed E-state index contributed by atoms with van der Waals surface area (Å²) in [5.41, 5.74) is 7.80. The highest BCUT2D eigenvalue weighted by Crippen LogP contribution is 2.36. The summed E-state index contributed by atoms with van der Waals surface area (Å²) in [5, 5.41) is 12.7. The van der Waals surface area contributed by atoms with E-state index in [1.807, 2.05) is 31.3 Å². The highest BCUT2D eigenvalue weighted by atomic mass is 79.9. The number of benzene rings is 2. The summed E-state index contributed by atoms with van der Waals surface area (Å²) in [7, 11) is 1.88. The number of hydrogen-bond donors (Lipinski definition) is 3. The zero-order valence-electron chi connectivity index (χ0n) is 10.5. The van der Waals surface area contributed by atoms with E-state index in [2.05, 4.69) is 21.2 Å². The molecule has 0 heterocycles. The lowest BCUT2D eigenvalue weighted by atomic mass is 10.2. The van der Waals surface area contributed by atoms with Gasteiger partial charge in [-0.15, -0.1) is 0 Å². The van der Waals surface area contributed by atoms with Gasteiger partial charge in [0, 0.05) is 26.5 Å². The molecule has 0 amide bonds. The molecule has 0 unspecified atom stereocenters. The molecule has 4 N–H and O–H groups in total. The van der Waals surface area contributed by atoms with Crippen molar-refractivity contribution >= 4 is 33.4 Å². The van der Waals surface area contributed by atoms with Crippen LogP contribution in [0.15, 0.2) is 50.7 Å². The first kappa shape index (κ1) is 14.2. The third-order valence-electron chi connectivity index (χ3n) is 2.60. The van der Waals surface area contributed by atoms with Crippen LogP contribution in [0.4, 0.5) is 5.69 Å². The van der Waals surface area contributed by atoms with Crippen molar-refractivity contribution in [2.45, 2.75) is 16.3 Å². The number of nitrogens with one attached hydrogen (secondary N) is 1. The highest BCUT2D eigenvalue weighted by Gasteiger charge is 2.08. The van der Waals surface area contributed by atoms with E-state index in [0.29, 0.717) is 6.54 Å². The van der Waals surface area contributed by atoms with Crippen LogP contribution in [0, 0.1) is 0 Å². The molecule has 0 atom stereocenters. The van der Waals surface area contributed by atoms with E-state index in [1.165, 1.54) is 0 Å². The molecule has 0 fully saturated rings. The number of rotatable bonds is 4. The van der Waals surface area contributed by atoms with Gasteiger partial charge < -0.3 is 16.2 Å². The maximum atomic E-state index is 9.55. The summed E-state index contributed by atoms with van der Waals surface area (Å²) in [5.74, 6) is 0.276. The normalized spacial score (nSPS) is 10.6. The van der Waals surface area contributed by atoms with Gasteiger partial charge in [-0.3, -0.25) is 0 Å². The van der Waals surface area contributed by atoms with E-state index in [0.717, 1.165) is 25.5 Å². The van der Waals surface area contributed by atoms with Gasteiger partial charge in [0.05, 0.1) is 0 Å². The molecule has 19 heavy (non-hydrogen) atoms. The predicted octanol–water partition coefficient (Wildman–Crippen LogP) is 3.61. The van der Waals surface area contributed by atoms with Gasteiger partial charge in [-0.05, 0) is 49.0 Å². The minimum absolute atomic E-state index is 0.276. The summed E-state index contributed by atoms with van der Waals surface area (Å²) >= 11 is 5.00. The Bertz CT molecular complexity index is 590. The zero-order chi connectivity index (χ0) is 13.8. The molecule has 0 saturated carbocycles. The molecule has 0 aliphatic carbocycles. The van der Waals surface area contributed by atoms with E-state index in [4.69, 9.17) is 5.73 Å². The Hall–Kier alpha value is -1.17. The minimum atomic E-state index is 0.276. The average Bonchev–Trinajstić information content (AvgIpc) is 2.36. The number of nitrogens with two attached hydrogens (primary N) is 1. The Labute approximate surface area is 125 Å². The second-order valence-electron chi connectivity index (χ2n) is 4.11. The van der Waals surface area contributed by atoms with Crippen LogP contribution in [-0.2, 0) is 6.54 Å². The summed E-state index contributed by atoms with van der Waals surface area (Å²) < 4.78 is 0.968. The lowest BCUT2D eigenvalue weighted by Gasteiger charge is -2.11. The first-order valence-electron chi connectivity index (χ1n) is 5.79. The van der Waals surface area contributed by atoms with Gasteiger partial charge in [0.25, 0.3) is 0 Å². The summed E-state index contributed by atoms with van der Waals surface area (Å²) in [6.07, 6.45) is 0. The molecule has 2 aromatic rings. The van der Waals surface area contributed by atoms with Crippen LogP contribution in [0.3, 0.4) is 0 Å². The van der Waals surface area contributed by atoms with Gasteiger partial charge in [0.15, 0.2) is 0 Å². The van der Waals surface area contributed by atoms with Gasteiger partial charge in [-0.1, -0.05) is 27.7 Å². The molecule has 2 rings (SSSR count). The zero-order valence-corrected chi connectivity index (χ0v) is 12.9. The summed E-state index contributed by atoms with van der Waals surface area (Å²) in [4.78, 5) is 2.09. The first-order chi connectivity index (χ1) is 9.10. The van der Waals surface area contributed by atoms with Gasteiger partial charge in [0.2, 0.25) is 0 Å². The lowest BCUT2D eigenvalue weighted by Crippen LogP contribution is -2.06. The maximum absolute atomic E-state index is 9.55. The fourth-order valence-corrected chi connectivity index (χ4v) is 3.05. The van der Waals surface area contributed by atoms with Gasteiger partial charge >= 0.3 is 0 Å². The largest absolute Gasteiger partial charge is 0.508 e. The van der Waals surface area contributed by atoms with Crippen molar-refractivity contribution in [2.24, 2.45) is 0 Å². The Morgan fingerprint density at radius 3 is 2.63 bits per heavy atom. The number of anilines is 1. The Morgan fingerprint density at radius 1 is 1.21 bits per heavy atom. The van der Waals surface area contributed by atoms with Crippen molar-refractivity contribution in [3.8, 4) is 5.75 Å². The lowest BCUT2D eigenvalue weighted by molar-refractivity contribution is 0.473. The average molecular weight is 339 g/mol.